The van der Waals surface area contributed by atoms with Crippen LogP contribution >= 0.6 is 22.9 Å². The Hall–Kier alpha value is -2.90. The molecule has 0 unspecified atom stereocenters. The lowest BCUT2D eigenvalue weighted by molar-refractivity contribution is -0.115. The number of thiazole rings is 1. The fraction of sp³-hybridized carbons (Fsp3) is 0.105. The highest BCUT2D eigenvalue weighted by molar-refractivity contribution is 7.14. The molecule has 0 saturated carbocycles. The molecule has 3 aromatic rings. The molecule has 1 N–H and O–H groups in total. The van der Waals surface area contributed by atoms with Gasteiger partial charge in [0.05, 0.1) is 11.4 Å². The third-order valence-corrected chi connectivity index (χ3v) is 4.70. The second kappa shape index (κ2) is 8.20. The summed E-state index contributed by atoms with van der Waals surface area (Å²) in [6, 6.07) is 13.3. The van der Waals surface area contributed by atoms with Gasteiger partial charge in [-0.3, -0.25) is 9.69 Å². The van der Waals surface area contributed by atoms with E-state index in [2.05, 4.69) is 4.98 Å². The number of ether oxygens (including phenoxy) is 1. The molecule has 1 aromatic heterocycles. The maximum absolute atomic E-state index is 12.1. The molecule has 1 heterocycles. The molecule has 0 saturated heterocycles. The Kier molecular flexibility index (Phi) is 5.73. The number of halogens is 1. The summed E-state index contributed by atoms with van der Waals surface area (Å²) in [6.07, 6.45) is 0. The van der Waals surface area contributed by atoms with Crippen molar-refractivity contribution in [3.05, 3.63) is 70.2 Å². The van der Waals surface area contributed by atoms with Crippen LogP contribution in [0.2, 0.25) is 5.02 Å². The van der Waals surface area contributed by atoms with Gasteiger partial charge in [-0.25, -0.2) is 9.78 Å². The minimum atomic E-state index is -0.712. The molecule has 27 heavy (non-hydrogen) atoms. The maximum atomic E-state index is 12.1. The van der Waals surface area contributed by atoms with Gasteiger partial charge in [0.15, 0.2) is 5.13 Å². The van der Waals surface area contributed by atoms with Crippen LogP contribution < -0.4 is 4.90 Å². The van der Waals surface area contributed by atoms with E-state index in [1.807, 2.05) is 30.3 Å². The number of rotatable bonds is 5. The quantitative estimate of drug-likeness (QED) is 0.633. The summed E-state index contributed by atoms with van der Waals surface area (Å²) in [5, 5.41) is 12.2. The molecule has 0 fully saturated rings. The summed E-state index contributed by atoms with van der Waals surface area (Å²) in [5.74, 6) is -1.10. The number of amides is 1. The number of benzene rings is 2. The van der Waals surface area contributed by atoms with Crippen LogP contribution in [0.5, 0.6) is 5.75 Å². The third-order valence-electron chi connectivity index (χ3n) is 3.59. The molecule has 0 radical (unpaired) electrons. The van der Waals surface area contributed by atoms with E-state index >= 15 is 0 Å². The molecule has 0 bridgehead atoms. The van der Waals surface area contributed by atoms with Crippen LogP contribution in [0.4, 0.5) is 10.8 Å². The third kappa shape index (κ3) is 4.45. The number of hydrogen-bond donors (Lipinski definition) is 1. The van der Waals surface area contributed by atoms with Gasteiger partial charge >= 0.3 is 5.97 Å². The van der Waals surface area contributed by atoms with Gasteiger partial charge in [0.1, 0.15) is 17.9 Å². The van der Waals surface area contributed by atoms with Gasteiger partial charge in [-0.2, -0.15) is 0 Å². The van der Waals surface area contributed by atoms with Crippen LogP contribution in [-0.2, 0) is 16.1 Å². The Labute approximate surface area is 164 Å². The zero-order valence-corrected chi connectivity index (χ0v) is 15.8. The lowest BCUT2D eigenvalue weighted by Crippen LogP contribution is -2.22. The fourth-order valence-corrected chi connectivity index (χ4v) is 3.40. The number of carbonyl (C=O) groups is 2. The first kappa shape index (κ1) is 18.9. The van der Waals surface area contributed by atoms with Gasteiger partial charge in [0.25, 0.3) is 0 Å². The van der Waals surface area contributed by atoms with Crippen molar-refractivity contribution in [1.82, 2.24) is 4.98 Å². The molecule has 0 aliphatic heterocycles. The first-order valence-electron chi connectivity index (χ1n) is 7.91. The van der Waals surface area contributed by atoms with Crippen LogP contribution in [0, 0.1) is 0 Å². The molecule has 8 heteroatoms. The molecular formula is C19H15ClN2O4S. The summed E-state index contributed by atoms with van der Waals surface area (Å²) in [7, 11) is 0. The molecular weight excluding hydrogens is 388 g/mol. The average Bonchev–Trinajstić information content (AvgIpc) is 3.11. The number of para-hydroxylation sites is 1. The number of nitrogens with zero attached hydrogens (tertiary/aromatic N) is 2. The monoisotopic (exact) mass is 402 g/mol. The SMILES string of the molecule is CC(=O)N(c1ccccc1)c1nc(COC(=O)c2cc(Cl)ccc2O)cs1. The summed E-state index contributed by atoms with van der Waals surface area (Å²) >= 11 is 7.10. The number of anilines is 2. The zero-order chi connectivity index (χ0) is 19.4. The summed E-state index contributed by atoms with van der Waals surface area (Å²) in [6.45, 7) is 1.36. The Bertz CT molecular complexity index is 975. The van der Waals surface area contributed by atoms with E-state index in [0.29, 0.717) is 21.5 Å². The maximum Gasteiger partial charge on any atom is 0.342 e. The van der Waals surface area contributed by atoms with Crippen LogP contribution in [-0.4, -0.2) is 22.0 Å². The van der Waals surface area contributed by atoms with Crippen molar-refractivity contribution in [3.8, 4) is 5.75 Å². The van der Waals surface area contributed by atoms with Crippen LogP contribution in [0.3, 0.4) is 0 Å². The summed E-state index contributed by atoms with van der Waals surface area (Å²) < 4.78 is 5.19. The first-order chi connectivity index (χ1) is 13.0. The Morgan fingerprint density at radius 3 is 2.67 bits per heavy atom. The van der Waals surface area contributed by atoms with Crippen LogP contribution in [0.15, 0.2) is 53.9 Å². The number of hydrogen-bond acceptors (Lipinski definition) is 6. The lowest BCUT2D eigenvalue weighted by atomic mass is 10.2. The van der Waals surface area contributed by atoms with Crippen LogP contribution in [0.1, 0.15) is 23.0 Å². The smallest absolute Gasteiger partial charge is 0.342 e. The van der Waals surface area contributed by atoms with Crippen molar-refractivity contribution in [2.45, 2.75) is 13.5 Å². The van der Waals surface area contributed by atoms with Gasteiger partial charge in [-0.15, -0.1) is 11.3 Å². The predicted molar refractivity (Wildman–Crippen MR) is 104 cm³/mol. The second-order valence-corrected chi connectivity index (χ2v) is 6.82. The van der Waals surface area contributed by atoms with Gasteiger partial charge in [-0.05, 0) is 30.3 Å². The van der Waals surface area contributed by atoms with Gasteiger partial charge in [-0.1, -0.05) is 29.8 Å². The molecule has 2 aromatic carbocycles. The molecule has 1 amide bonds. The summed E-state index contributed by atoms with van der Waals surface area (Å²) in [5.41, 5.74) is 1.17. The van der Waals surface area contributed by atoms with E-state index in [0.717, 1.165) is 0 Å². The fourth-order valence-electron chi connectivity index (χ4n) is 2.36. The van der Waals surface area contributed by atoms with E-state index < -0.39 is 5.97 Å². The van der Waals surface area contributed by atoms with Gasteiger partial charge < -0.3 is 9.84 Å². The standard InChI is InChI=1S/C19H15ClN2O4S/c1-12(23)22(15-5-3-2-4-6-15)19-21-14(11-27-19)10-26-18(25)16-9-13(20)7-8-17(16)24/h2-9,11,24H,10H2,1H3. The zero-order valence-electron chi connectivity index (χ0n) is 14.3. The number of carbonyl (C=O) groups excluding carboxylic acids is 2. The van der Waals surface area contributed by atoms with Crippen molar-refractivity contribution in [3.63, 3.8) is 0 Å². The van der Waals surface area contributed by atoms with Gasteiger partial charge in [0.2, 0.25) is 5.91 Å². The van der Waals surface area contributed by atoms with Crippen molar-refractivity contribution in [2.75, 3.05) is 4.90 Å². The van der Waals surface area contributed by atoms with Crippen molar-refractivity contribution < 1.29 is 19.4 Å². The lowest BCUT2D eigenvalue weighted by Gasteiger charge is -2.17. The van der Waals surface area contributed by atoms with E-state index in [1.165, 1.54) is 41.4 Å². The second-order valence-electron chi connectivity index (χ2n) is 5.55. The number of phenolic OH excluding ortho intramolecular Hbond substituents is 1. The van der Waals surface area contributed by atoms with E-state index in [9.17, 15) is 14.7 Å². The first-order valence-corrected chi connectivity index (χ1v) is 9.17. The molecule has 3 rings (SSSR count). The number of esters is 1. The number of phenols is 1. The average molecular weight is 403 g/mol. The minimum absolute atomic E-state index is 0.0207. The Morgan fingerprint density at radius 1 is 1.22 bits per heavy atom. The number of aromatic hydroxyl groups is 1. The highest BCUT2D eigenvalue weighted by Gasteiger charge is 2.19. The van der Waals surface area contributed by atoms with E-state index in [4.69, 9.17) is 16.3 Å². The minimum Gasteiger partial charge on any atom is -0.507 e. The summed E-state index contributed by atoms with van der Waals surface area (Å²) in [4.78, 5) is 30.0. The largest absolute Gasteiger partial charge is 0.507 e. The normalized spacial score (nSPS) is 10.4. The molecule has 0 atom stereocenters. The highest BCUT2D eigenvalue weighted by atomic mass is 35.5. The molecule has 138 valence electrons. The van der Waals surface area contributed by atoms with E-state index in [-0.39, 0.29) is 23.8 Å². The van der Waals surface area contributed by atoms with E-state index in [1.54, 1.807) is 5.38 Å². The van der Waals surface area contributed by atoms with Crippen molar-refractivity contribution in [2.24, 2.45) is 0 Å². The van der Waals surface area contributed by atoms with Crippen molar-refractivity contribution in [1.29, 1.82) is 0 Å². The topological polar surface area (TPSA) is 79.7 Å². The predicted octanol–water partition coefficient (Wildman–Crippen LogP) is 4.54. The number of aromatic nitrogens is 1. The van der Waals surface area contributed by atoms with Gasteiger partial charge in [0, 0.05) is 17.3 Å². The molecule has 0 aliphatic rings. The van der Waals surface area contributed by atoms with Crippen molar-refractivity contribution >= 4 is 45.6 Å². The van der Waals surface area contributed by atoms with Crippen LogP contribution in [0.25, 0.3) is 0 Å². The Balaban J connectivity index is 1.73. The molecule has 0 aliphatic carbocycles. The highest BCUT2D eigenvalue weighted by Crippen LogP contribution is 2.29. The Morgan fingerprint density at radius 2 is 1.96 bits per heavy atom. The molecule has 6 nitrogen and oxygen atoms in total. The molecule has 0 spiro atoms.